The zero-order valence-electron chi connectivity index (χ0n) is 7.64. The Kier molecular flexibility index (Phi) is 3.55. The third-order valence-corrected chi connectivity index (χ3v) is 1.71. The molecule has 0 aliphatic rings. The summed E-state index contributed by atoms with van der Waals surface area (Å²) >= 11 is 0. The monoisotopic (exact) mass is 201 g/mol. The maximum atomic E-state index is 11.1. The van der Waals surface area contributed by atoms with Gasteiger partial charge in [-0.15, -0.1) is 0 Å². The van der Waals surface area contributed by atoms with E-state index in [-0.39, 0.29) is 13.0 Å². The molecule has 7 heteroatoms. The molecule has 14 heavy (non-hydrogen) atoms. The number of rotatable bonds is 4. The van der Waals surface area contributed by atoms with E-state index in [2.05, 4.69) is 9.84 Å². The fourth-order valence-corrected chi connectivity index (χ4v) is 0.915. The molecule has 1 rings (SSSR count). The van der Waals surface area contributed by atoms with E-state index in [1.165, 1.54) is 13.4 Å². The quantitative estimate of drug-likeness (QED) is 0.446. The van der Waals surface area contributed by atoms with Gasteiger partial charge in [-0.3, -0.25) is 14.2 Å². The van der Waals surface area contributed by atoms with E-state index in [0.717, 1.165) is 4.57 Å². The Morgan fingerprint density at radius 1 is 1.71 bits per heavy atom. The average molecular weight is 201 g/mol. The van der Waals surface area contributed by atoms with Gasteiger partial charge in [-0.25, -0.2) is 5.10 Å². The van der Waals surface area contributed by atoms with Crippen LogP contribution in [-0.4, -0.2) is 33.3 Å². The number of aromatic nitrogens is 3. The van der Waals surface area contributed by atoms with Gasteiger partial charge in [0.1, 0.15) is 6.33 Å². The molecule has 0 bridgehead atoms. The van der Waals surface area contributed by atoms with E-state index in [4.69, 9.17) is 5.11 Å². The number of ether oxygens (including phenoxy) is 1. The maximum Gasteiger partial charge on any atom is 0.330 e. The molecule has 0 aromatic carbocycles. The lowest BCUT2D eigenvalue weighted by molar-refractivity contribution is -0.0804. The Morgan fingerprint density at radius 2 is 2.43 bits per heavy atom. The molecule has 0 aliphatic heterocycles. The Labute approximate surface area is 79.0 Å². The number of aliphatic hydroxyl groups excluding tert-OH is 1. The molecule has 0 aliphatic carbocycles. The van der Waals surface area contributed by atoms with Gasteiger partial charge in [0.15, 0.2) is 6.29 Å². The molecule has 0 amide bonds. The van der Waals surface area contributed by atoms with E-state index < -0.39 is 17.4 Å². The molecular formula is C7H11N3O4. The van der Waals surface area contributed by atoms with Gasteiger partial charge in [0, 0.05) is 20.1 Å². The van der Waals surface area contributed by atoms with Crippen molar-refractivity contribution in [2.75, 3.05) is 7.11 Å². The van der Waals surface area contributed by atoms with Gasteiger partial charge >= 0.3 is 11.1 Å². The van der Waals surface area contributed by atoms with Crippen molar-refractivity contribution in [1.82, 2.24) is 14.8 Å². The fourth-order valence-electron chi connectivity index (χ4n) is 0.915. The molecule has 0 radical (unpaired) electrons. The van der Waals surface area contributed by atoms with E-state index in [9.17, 15) is 9.59 Å². The van der Waals surface area contributed by atoms with Crippen molar-refractivity contribution >= 4 is 0 Å². The number of nitrogens with one attached hydrogen (secondary N) is 1. The number of H-pyrrole nitrogens is 1. The summed E-state index contributed by atoms with van der Waals surface area (Å²) in [5.41, 5.74) is -1.47. The first-order valence-electron chi connectivity index (χ1n) is 4.00. The minimum absolute atomic E-state index is 0.185. The largest absolute Gasteiger partial charge is 0.368 e. The van der Waals surface area contributed by atoms with Crippen molar-refractivity contribution in [2.24, 2.45) is 0 Å². The van der Waals surface area contributed by atoms with Crippen molar-refractivity contribution in [3.8, 4) is 0 Å². The van der Waals surface area contributed by atoms with Crippen LogP contribution >= 0.6 is 0 Å². The summed E-state index contributed by atoms with van der Waals surface area (Å²) < 4.78 is 5.69. The topological polar surface area (TPSA) is 97.2 Å². The third-order valence-electron chi connectivity index (χ3n) is 1.71. The Balaban J connectivity index is 2.73. The molecule has 0 spiro atoms. The van der Waals surface area contributed by atoms with Crippen molar-refractivity contribution in [2.45, 2.75) is 19.3 Å². The van der Waals surface area contributed by atoms with Crippen LogP contribution in [0.1, 0.15) is 6.42 Å². The standard InChI is InChI=1S/C7H11N3O4/c1-14-5(11)2-3-10-4-8-9-6(12)7(10)13/h4-5,11H,2-3H2,1H3,(H,9,12). The lowest BCUT2D eigenvalue weighted by Gasteiger charge is -2.08. The van der Waals surface area contributed by atoms with Crippen LogP contribution in [0.15, 0.2) is 15.9 Å². The third kappa shape index (κ3) is 2.51. The Hall–Kier alpha value is -1.47. The minimum Gasteiger partial charge on any atom is -0.368 e. The predicted octanol–water partition coefficient (Wildman–Crippen LogP) is -1.71. The molecule has 1 aromatic heterocycles. The van der Waals surface area contributed by atoms with Crippen molar-refractivity contribution < 1.29 is 9.84 Å². The highest BCUT2D eigenvalue weighted by atomic mass is 16.6. The van der Waals surface area contributed by atoms with Crippen LogP contribution in [0.2, 0.25) is 0 Å². The van der Waals surface area contributed by atoms with E-state index in [1.54, 1.807) is 0 Å². The summed E-state index contributed by atoms with van der Waals surface area (Å²) in [5, 5.41) is 14.5. The maximum absolute atomic E-state index is 11.1. The van der Waals surface area contributed by atoms with E-state index >= 15 is 0 Å². The molecule has 0 fully saturated rings. The first-order valence-corrected chi connectivity index (χ1v) is 4.00. The van der Waals surface area contributed by atoms with E-state index in [0.29, 0.717) is 0 Å². The van der Waals surface area contributed by atoms with Gasteiger partial charge in [0.2, 0.25) is 0 Å². The van der Waals surface area contributed by atoms with Gasteiger partial charge in [-0.05, 0) is 0 Å². The van der Waals surface area contributed by atoms with Gasteiger partial charge in [-0.1, -0.05) is 0 Å². The Morgan fingerprint density at radius 3 is 3.07 bits per heavy atom. The van der Waals surface area contributed by atoms with Gasteiger partial charge < -0.3 is 9.84 Å². The molecule has 7 nitrogen and oxygen atoms in total. The van der Waals surface area contributed by atoms with Crippen LogP contribution in [0.25, 0.3) is 0 Å². The van der Waals surface area contributed by atoms with Crippen molar-refractivity contribution in [3.63, 3.8) is 0 Å². The molecule has 1 unspecified atom stereocenters. The lowest BCUT2D eigenvalue weighted by Crippen LogP contribution is -2.37. The second-order valence-corrected chi connectivity index (χ2v) is 2.66. The molecule has 0 saturated heterocycles. The number of nitrogens with zero attached hydrogens (tertiary/aromatic N) is 2. The second-order valence-electron chi connectivity index (χ2n) is 2.66. The van der Waals surface area contributed by atoms with Crippen LogP contribution in [0.5, 0.6) is 0 Å². The highest BCUT2D eigenvalue weighted by molar-refractivity contribution is 4.74. The van der Waals surface area contributed by atoms with Crippen molar-refractivity contribution in [3.05, 3.63) is 27.0 Å². The van der Waals surface area contributed by atoms with E-state index in [1.807, 2.05) is 5.10 Å². The van der Waals surface area contributed by atoms with Crippen molar-refractivity contribution in [1.29, 1.82) is 0 Å². The molecule has 78 valence electrons. The minimum atomic E-state index is -0.943. The summed E-state index contributed by atoms with van der Waals surface area (Å²) in [6.45, 7) is 0.185. The number of aliphatic hydroxyl groups is 1. The number of aromatic amines is 1. The van der Waals surface area contributed by atoms with Gasteiger partial charge in [0.05, 0.1) is 0 Å². The van der Waals surface area contributed by atoms with Crippen LogP contribution in [0.4, 0.5) is 0 Å². The van der Waals surface area contributed by atoms with Gasteiger partial charge in [-0.2, -0.15) is 5.10 Å². The van der Waals surface area contributed by atoms with Crippen LogP contribution in [0, 0.1) is 0 Å². The average Bonchev–Trinajstić information content (AvgIpc) is 2.20. The number of hydrogen-bond acceptors (Lipinski definition) is 5. The predicted molar refractivity (Wildman–Crippen MR) is 46.8 cm³/mol. The zero-order valence-corrected chi connectivity index (χ0v) is 7.64. The smallest absolute Gasteiger partial charge is 0.330 e. The SMILES string of the molecule is COC(O)CCn1cn[nH]c(=O)c1=O. The summed E-state index contributed by atoms with van der Waals surface area (Å²) in [4.78, 5) is 21.9. The molecule has 2 N–H and O–H groups in total. The summed E-state index contributed by atoms with van der Waals surface area (Å²) in [5.74, 6) is 0. The first-order chi connectivity index (χ1) is 6.65. The highest BCUT2D eigenvalue weighted by Gasteiger charge is 2.04. The number of aryl methyl sites for hydroxylation is 1. The summed E-state index contributed by atoms with van der Waals surface area (Å²) in [6.07, 6.45) is 0.481. The molecule has 1 heterocycles. The zero-order chi connectivity index (χ0) is 10.6. The molecular weight excluding hydrogens is 190 g/mol. The molecule has 1 aromatic rings. The number of methoxy groups -OCH3 is 1. The Bertz CT molecular complexity index is 396. The molecule has 1 atom stereocenters. The highest BCUT2D eigenvalue weighted by Crippen LogP contribution is 1.92. The first kappa shape index (κ1) is 10.6. The second kappa shape index (κ2) is 4.68. The number of hydrogen-bond donors (Lipinski definition) is 2. The summed E-state index contributed by atoms with van der Waals surface area (Å²) in [7, 11) is 1.35. The lowest BCUT2D eigenvalue weighted by atomic mass is 10.4. The van der Waals surface area contributed by atoms with Crippen LogP contribution < -0.4 is 11.1 Å². The van der Waals surface area contributed by atoms with Crippen LogP contribution in [0.3, 0.4) is 0 Å². The normalized spacial score (nSPS) is 12.7. The summed E-state index contributed by atoms with van der Waals surface area (Å²) in [6, 6.07) is 0. The van der Waals surface area contributed by atoms with Crippen LogP contribution in [-0.2, 0) is 11.3 Å². The fraction of sp³-hybridized carbons (Fsp3) is 0.571. The van der Waals surface area contributed by atoms with Gasteiger partial charge in [0.25, 0.3) is 0 Å². The molecule has 0 saturated carbocycles.